The van der Waals surface area contributed by atoms with Crippen LogP contribution in [0.3, 0.4) is 0 Å². The molecule has 0 atom stereocenters. The second-order valence-electron chi connectivity index (χ2n) is 3.89. The van der Waals surface area contributed by atoms with Gasteiger partial charge in [0, 0.05) is 30.3 Å². The summed E-state index contributed by atoms with van der Waals surface area (Å²) in [5.41, 5.74) is 0. The lowest BCUT2D eigenvalue weighted by Gasteiger charge is -2.42. The number of rotatable bonds is 2. The molecule has 0 aromatic heterocycles. The normalized spacial score (nSPS) is 24.9. The van der Waals surface area contributed by atoms with Crippen LogP contribution in [-0.4, -0.2) is 29.2 Å². The Morgan fingerprint density at radius 1 is 1.42 bits per heavy atom. The maximum atomic E-state index is 11.6. The summed E-state index contributed by atoms with van der Waals surface area (Å²) < 4.78 is 0. The largest absolute Gasteiger partial charge is 0.342 e. The lowest BCUT2D eigenvalue weighted by molar-refractivity contribution is -0.144. The summed E-state index contributed by atoms with van der Waals surface area (Å²) in [6.45, 7) is 1.97. The lowest BCUT2D eigenvalue weighted by atomic mass is 9.83. The summed E-state index contributed by atoms with van der Waals surface area (Å²) in [6.07, 6.45) is 3.52. The van der Waals surface area contributed by atoms with E-state index < -0.39 is 0 Å². The van der Waals surface area contributed by atoms with Crippen molar-refractivity contribution >= 4 is 21.8 Å². The molecule has 3 heteroatoms. The molecule has 0 aromatic carbocycles. The number of halogens is 1. The van der Waals surface area contributed by atoms with Gasteiger partial charge in [-0.1, -0.05) is 22.4 Å². The minimum Gasteiger partial charge on any atom is -0.342 e. The highest BCUT2D eigenvalue weighted by molar-refractivity contribution is 9.09. The molecule has 1 heterocycles. The second-order valence-corrected chi connectivity index (χ2v) is 4.54. The van der Waals surface area contributed by atoms with Gasteiger partial charge in [0.1, 0.15) is 0 Å². The fraction of sp³-hybridized carbons (Fsp3) is 0.889. The molecule has 0 bridgehead atoms. The molecule has 2 fully saturated rings. The van der Waals surface area contributed by atoms with Crippen molar-refractivity contribution < 1.29 is 4.79 Å². The van der Waals surface area contributed by atoms with E-state index in [1.165, 1.54) is 6.42 Å². The first-order valence-electron chi connectivity index (χ1n) is 4.66. The molecule has 2 rings (SSSR count). The van der Waals surface area contributed by atoms with Gasteiger partial charge in [0.15, 0.2) is 0 Å². The van der Waals surface area contributed by atoms with Gasteiger partial charge in [-0.25, -0.2) is 0 Å². The van der Waals surface area contributed by atoms with E-state index in [-0.39, 0.29) is 0 Å². The summed E-state index contributed by atoms with van der Waals surface area (Å²) in [5.74, 6) is 1.52. The Bertz CT molecular complexity index is 185. The van der Waals surface area contributed by atoms with Crippen LogP contribution in [0, 0.1) is 11.8 Å². The van der Waals surface area contributed by atoms with Crippen molar-refractivity contribution in [2.45, 2.75) is 19.3 Å². The molecule has 0 radical (unpaired) electrons. The summed E-state index contributed by atoms with van der Waals surface area (Å²) in [6, 6.07) is 0. The van der Waals surface area contributed by atoms with Gasteiger partial charge < -0.3 is 4.90 Å². The van der Waals surface area contributed by atoms with Crippen LogP contribution in [0.4, 0.5) is 0 Å². The van der Waals surface area contributed by atoms with Crippen LogP contribution in [0.15, 0.2) is 0 Å². The molecule has 12 heavy (non-hydrogen) atoms. The fourth-order valence-electron chi connectivity index (χ4n) is 1.76. The van der Waals surface area contributed by atoms with Crippen molar-refractivity contribution in [1.29, 1.82) is 0 Å². The number of alkyl halides is 1. The number of hydrogen-bond donors (Lipinski definition) is 0. The van der Waals surface area contributed by atoms with E-state index in [9.17, 15) is 4.79 Å². The molecule has 2 aliphatic rings. The van der Waals surface area contributed by atoms with Crippen LogP contribution < -0.4 is 0 Å². The van der Waals surface area contributed by atoms with E-state index >= 15 is 0 Å². The number of likely N-dealkylation sites (tertiary alicyclic amines) is 1. The SMILES string of the molecule is O=C(C1CCC1)N1CC(CBr)C1. The molecule has 1 aliphatic heterocycles. The van der Waals surface area contributed by atoms with Crippen molar-refractivity contribution in [3.8, 4) is 0 Å². The average molecular weight is 232 g/mol. The van der Waals surface area contributed by atoms with Crippen molar-refractivity contribution in [3.63, 3.8) is 0 Å². The molecule has 1 saturated carbocycles. The van der Waals surface area contributed by atoms with Gasteiger partial charge in [-0.2, -0.15) is 0 Å². The highest BCUT2D eigenvalue weighted by Crippen LogP contribution is 2.31. The number of hydrogen-bond acceptors (Lipinski definition) is 1. The van der Waals surface area contributed by atoms with Crippen LogP contribution in [-0.2, 0) is 4.79 Å². The van der Waals surface area contributed by atoms with E-state index in [2.05, 4.69) is 15.9 Å². The van der Waals surface area contributed by atoms with Gasteiger partial charge in [0.2, 0.25) is 5.91 Å². The van der Waals surface area contributed by atoms with Gasteiger partial charge in [0.25, 0.3) is 0 Å². The Hall–Kier alpha value is -0.0500. The van der Waals surface area contributed by atoms with Crippen molar-refractivity contribution in [2.75, 3.05) is 18.4 Å². The molecule has 1 aliphatic carbocycles. The number of amides is 1. The predicted molar refractivity (Wildman–Crippen MR) is 51.2 cm³/mol. The Kier molecular flexibility index (Phi) is 2.40. The molecular formula is C9H14BrNO. The molecule has 0 unspecified atom stereocenters. The molecular weight excluding hydrogens is 218 g/mol. The molecule has 0 N–H and O–H groups in total. The zero-order valence-electron chi connectivity index (χ0n) is 7.13. The van der Waals surface area contributed by atoms with E-state index in [0.717, 1.165) is 31.3 Å². The molecule has 0 spiro atoms. The molecule has 2 nitrogen and oxygen atoms in total. The Morgan fingerprint density at radius 2 is 2.08 bits per heavy atom. The van der Waals surface area contributed by atoms with Crippen molar-refractivity contribution in [1.82, 2.24) is 4.90 Å². The summed E-state index contributed by atoms with van der Waals surface area (Å²) >= 11 is 3.43. The first kappa shape index (κ1) is 8.54. The first-order chi connectivity index (χ1) is 5.81. The van der Waals surface area contributed by atoms with E-state index in [0.29, 0.717) is 17.7 Å². The third-order valence-electron chi connectivity index (χ3n) is 2.94. The number of nitrogens with zero attached hydrogens (tertiary/aromatic N) is 1. The minimum atomic E-state index is 0.390. The Morgan fingerprint density at radius 3 is 2.50 bits per heavy atom. The monoisotopic (exact) mass is 231 g/mol. The van der Waals surface area contributed by atoms with Gasteiger partial charge >= 0.3 is 0 Å². The van der Waals surface area contributed by atoms with E-state index in [1.807, 2.05) is 4.90 Å². The molecule has 68 valence electrons. The van der Waals surface area contributed by atoms with Gasteiger partial charge in [0.05, 0.1) is 0 Å². The van der Waals surface area contributed by atoms with E-state index in [1.54, 1.807) is 0 Å². The van der Waals surface area contributed by atoms with Gasteiger partial charge in [-0.15, -0.1) is 0 Å². The van der Waals surface area contributed by atoms with Crippen LogP contribution in [0.2, 0.25) is 0 Å². The second kappa shape index (κ2) is 3.36. The summed E-state index contributed by atoms with van der Waals surface area (Å²) in [4.78, 5) is 13.6. The van der Waals surface area contributed by atoms with E-state index in [4.69, 9.17) is 0 Å². The standard InChI is InChI=1S/C9H14BrNO/c10-4-7-5-11(6-7)9(12)8-2-1-3-8/h7-8H,1-6H2. The first-order valence-corrected chi connectivity index (χ1v) is 5.78. The quantitative estimate of drug-likeness (QED) is 0.663. The summed E-state index contributed by atoms with van der Waals surface area (Å²) in [7, 11) is 0. The van der Waals surface area contributed by atoms with Crippen LogP contribution >= 0.6 is 15.9 Å². The van der Waals surface area contributed by atoms with Crippen LogP contribution in [0.5, 0.6) is 0 Å². The molecule has 1 saturated heterocycles. The third kappa shape index (κ3) is 1.39. The van der Waals surface area contributed by atoms with Crippen molar-refractivity contribution in [2.24, 2.45) is 11.8 Å². The van der Waals surface area contributed by atoms with Crippen LogP contribution in [0.25, 0.3) is 0 Å². The van der Waals surface area contributed by atoms with Gasteiger partial charge in [-0.3, -0.25) is 4.79 Å². The topological polar surface area (TPSA) is 20.3 Å². The highest BCUT2D eigenvalue weighted by atomic mass is 79.9. The lowest BCUT2D eigenvalue weighted by Crippen LogP contribution is -2.53. The van der Waals surface area contributed by atoms with Crippen LogP contribution in [0.1, 0.15) is 19.3 Å². The Balaban J connectivity index is 1.76. The zero-order valence-corrected chi connectivity index (χ0v) is 8.72. The predicted octanol–water partition coefficient (Wildman–Crippen LogP) is 1.64. The van der Waals surface area contributed by atoms with Crippen molar-refractivity contribution in [3.05, 3.63) is 0 Å². The highest BCUT2D eigenvalue weighted by Gasteiger charge is 2.35. The maximum Gasteiger partial charge on any atom is 0.225 e. The minimum absolute atomic E-state index is 0.390. The fourth-order valence-corrected chi connectivity index (χ4v) is 2.17. The van der Waals surface area contributed by atoms with Gasteiger partial charge in [-0.05, 0) is 12.8 Å². The summed E-state index contributed by atoms with van der Waals surface area (Å²) in [5, 5.41) is 1.04. The molecule has 1 amide bonds. The smallest absolute Gasteiger partial charge is 0.225 e. The number of carbonyl (C=O) groups is 1. The third-order valence-corrected chi connectivity index (χ3v) is 3.86. The Labute approximate surface area is 81.4 Å². The molecule has 0 aromatic rings. The zero-order chi connectivity index (χ0) is 8.55. The maximum absolute atomic E-state index is 11.6. The number of carbonyl (C=O) groups excluding carboxylic acids is 1. The average Bonchev–Trinajstić information content (AvgIpc) is 1.80.